The van der Waals surface area contributed by atoms with E-state index in [9.17, 15) is 5.11 Å². The fraction of sp³-hybridized carbons (Fsp3) is 0.611. The molecule has 0 heterocycles. The van der Waals surface area contributed by atoms with Crippen LogP contribution in [0.4, 0.5) is 0 Å². The second-order valence-corrected chi connectivity index (χ2v) is 5.08. The molecule has 1 aromatic rings. The largest absolute Gasteiger partial charge is 0.396 e. The fourth-order valence-electron chi connectivity index (χ4n) is 1.61. The predicted octanol–water partition coefficient (Wildman–Crippen LogP) is 4.64. The quantitative estimate of drug-likeness (QED) is 0.679. The van der Waals surface area contributed by atoms with E-state index in [1.165, 1.54) is 12.8 Å². The molecule has 0 aromatic heterocycles. The molecule has 1 atom stereocenters. The van der Waals surface area contributed by atoms with Crippen molar-refractivity contribution in [2.24, 2.45) is 0 Å². The standard InChI is InChI=1S/C12H16ClNO.C4H10.C2H6.Y/c1-3-12(9-15,8-14-2)10-4-6-11(13)7-5-10;1-3-4-2;1-2;/h4,6-7,14-15H,1,3,8-9H2,2H3;3-4H2,1-2H3;1-2H3;/q-2;;;. The molecular weight excluding hydrogens is 371 g/mol. The van der Waals surface area contributed by atoms with Gasteiger partial charge in [0.1, 0.15) is 0 Å². The molecule has 0 aliphatic rings. The van der Waals surface area contributed by atoms with Crippen molar-refractivity contribution in [2.45, 2.75) is 52.4 Å². The Labute approximate surface area is 168 Å². The van der Waals surface area contributed by atoms with E-state index in [2.05, 4.69) is 32.2 Å². The number of nitrogens with one attached hydrogen (secondary N) is 1. The van der Waals surface area contributed by atoms with Gasteiger partial charge in [-0.15, -0.1) is 0 Å². The van der Waals surface area contributed by atoms with Gasteiger partial charge in [0.2, 0.25) is 0 Å². The number of halogens is 1. The van der Waals surface area contributed by atoms with E-state index in [4.69, 9.17) is 11.6 Å². The van der Waals surface area contributed by atoms with Crippen LogP contribution in [0.25, 0.3) is 0 Å². The summed E-state index contributed by atoms with van der Waals surface area (Å²) < 4.78 is 0. The molecule has 2 nitrogen and oxygen atoms in total. The molecule has 0 saturated carbocycles. The first-order valence-electron chi connectivity index (χ1n) is 7.82. The molecule has 22 heavy (non-hydrogen) atoms. The van der Waals surface area contributed by atoms with Crippen molar-refractivity contribution in [2.75, 3.05) is 20.2 Å². The summed E-state index contributed by atoms with van der Waals surface area (Å²) in [5, 5.41) is 13.2. The Balaban J connectivity index is -0.000000448. The van der Waals surface area contributed by atoms with Crippen molar-refractivity contribution in [3.8, 4) is 0 Å². The van der Waals surface area contributed by atoms with Crippen LogP contribution in [0.15, 0.2) is 18.2 Å². The van der Waals surface area contributed by atoms with Gasteiger partial charge >= 0.3 is 0 Å². The van der Waals surface area contributed by atoms with Crippen molar-refractivity contribution >= 4 is 11.6 Å². The van der Waals surface area contributed by atoms with Crippen LogP contribution in [-0.2, 0) is 38.1 Å². The van der Waals surface area contributed by atoms with Gasteiger partial charge in [0.25, 0.3) is 0 Å². The average molecular weight is 403 g/mol. The first-order chi connectivity index (χ1) is 10.1. The second-order valence-electron chi connectivity index (χ2n) is 4.64. The molecule has 1 rings (SSSR count). The SMILES string of the molecule is CC.CCCC.[CH2-]CC(CO)(CNC)c1[c-]cc(Cl)cc1.[Y]. The van der Waals surface area contributed by atoms with Crippen LogP contribution >= 0.6 is 11.6 Å². The van der Waals surface area contributed by atoms with Crippen molar-refractivity contribution in [3.05, 3.63) is 41.8 Å². The molecule has 1 unspecified atom stereocenters. The zero-order valence-electron chi connectivity index (χ0n) is 14.9. The van der Waals surface area contributed by atoms with Crippen molar-refractivity contribution < 1.29 is 37.8 Å². The number of hydrogen-bond acceptors (Lipinski definition) is 2. The molecular formula is C18H32ClNOY-2. The van der Waals surface area contributed by atoms with Crippen LogP contribution in [0, 0.1) is 13.0 Å². The molecule has 0 bridgehead atoms. The number of rotatable bonds is 6. The fourth-order valence-corrected chi connectivity index (χ4v) is 1.73. The smallest absolute Gasteiger partial charge is 0.0495 e. The van der Waals surface area contributed by atoms with Gasteiger partial charge in [-0.1, -0.05) is 45.6 Å². The molecule has 0 aliphatic heterocycles. The first-order valence-corrected chi connectivity index (χ1v) is 8.20. The maximum Gasteiger partial charge on any atom is 0.0495 e. The number of likely N-dealkylation sites (N-methyl/N-ethyl adjacent to an activating group) is 1. The monoisotopic (exact) mass is 402 g/mol. The summed E-state index contributed by atoms with van der Waals surface area (Å²) in [7, 11) is 1.86. The number of benzene rings is 1. The van der Waals surface area contributed by atoms with Gasteiger partial charge in [-0.2, -0.15) is 47.9 Å². The number of unbranched alkanes of at least 4 members (excludes halogenated alkanes) is 1. The van der Waals surface area contributed by atoms with Crippen molar-refractivity contribution in [1.29, 1.82) is 0 Å². The minimum atomic E-state index is -0.362. The number of aliphatic hydroxyl groups excluding tert-OH is 1. The zero-order valence-corrected chi connectivity index (χ0v) is 18.5. The minimum absolute atomic E-state index is 0. The van der Waals surface area contributed by atoms with E-state index < -0.39 is 0 Å². The van der Waals surface area contributed by atoms with Crippen LogP contribution in [0.3, 0.4) is 0 Å². The van der Waals surface area contributed by atoms with E-state index >= 15 is 0 Å². The summed E-state index contributed by atoms with van der Waals surface area (Å²) in [6.07, 6.45) is 3.25. The molecule has 0 aliphatic carbocycles. The minimum Gasteiger partial charge on any atom is -0.396 e. The Bertz CT molecular complexity index is 324. The maximum absolute atomic E-state index is 9.50. The van der Waals surface area contributed by atoms with Crippen LogP contribution < -0.4 is 5.32 Å². The molecule has 1 aromatic carbocycles. The normalized spacial score (nSPS) is 11.8. The summed E-state index contributed by atoms with van der Waals surface area (Å²) in [6.45, 7) is 13.0. The van der Waals surface area contributed by atoms with Gasteiger partial charge < -0.3 is 17.3 Å². The Morgan fingerprint density at radius 2 is 1.82 bits per heavy atom. The molecule has 0 spiro atoms. The predicted molar refractivity (Wildman–Crippen MR) is 94.9 cm³/mol. The van der Waals surface area contributed by atoms with Gasteiger partial charge in [0.05, 0.1) is 0 Å². The first kappa shape index (κ1) is 27.4. The molecule has 1 radical (unpaired) electrons. The van der Waals surface area contributed by atoms with Crippen LogP contribution in [0.2, 0.25) is 5.02 Å². The van der Waals surface area contributed by atoms with E-state index in [1.807, 2.05) is 33.0 Å². The zero-order chi connectivity index (χ0) is 16.7. The molecule has 2 N–H and O–H groups in total. The van der Waals surface area contributed by atoms with Gasteiger partial charge in [-0.05, 0) is 12.5 Å². The summed E-state index contributed by atoms with van der Waals surface area (Å²) in [6, 6.07) is 8.51. The Kier molecular flexibility index (Phi) is 22.3. The summed E-state index contributed by atoms with van der Waals surface area (Å²) in [5.41, 5.74) is 0.582. The van der Waals surface area contributed by atoms with Gasteiger partial charge in [0, 0.05) is 45.9 Å². The maximum atomic E-state index is 9.50. The van der Waals surface area contributed by atoms with E-state index in [1.54, 1.807) is 6.07 Å². The topological polar surface area (TPSA) is 32.3 Å². The number of aliphatic hydroxyl groups is 1. The van der Waals surface area contributed by atoms with Gasteiger partial charge in [0.15, 0.2) is 0 Å². The summed E-state index contributed by atoms with van der Waals surface area (Å²) in [5.74, 6) is 0. The molecule has 4 heteroatoms. The third kappa shape index (κ3) is 10.3. The van der Waals surface area contributed by atoms with Crippen LogP contribution in [0.5, 0.6) is 0 Å². The molecule has 0 saturated heterocycles. The van der Waals surface area contributed by atoms with Crippen LogP contribution in [-0.4, -0.2) is 25.3 Å². The summed E-state index contributed by atoms with van der Waals surface area (Å²) >= 11 is 5.80. The second kappa shape index (κ2) is 17.9. The molecule has 127 valence electrons. The van der Waals surface area contributed by atoms with E-state index in [-0.39, 0.29) is 44.7 Å². The Morgan fingerprint density at radius 3 is 2.09 bits per heavy atom. The van der Waals surface area contributed by atoms with E-state index in [0.29, 0.717) is 18.0 Å². The van der Waals surface area contributed by atoms with Gasteiger partial charge in [-0.25, -0.2) is 0 Å². The van der Waals surface area contributed by atoms with Crippen molar-refractivity contribution in [3.63, 3.8) is 0 Å². The third-order valence-corrected chi connectivity index (χ3v) is 3.38. The van der Waals surface area contributed by atoms with Crippen LogP contribution in [0.1, 0.15) is 52.5 Å². The Morgan fingerprint density at radius 1 is 1.27 bits per heavy atom. The molecule has 0 amide bonds. The third-order valence-electron chi connectivity index (χ3n) is 3.14. The van der Waals surface area contributed by atoms with Crippen molar-refractivity contribution in [1.82, 2.24) is 5.32 Å². The molecule has 0 fully saturated rings. The summed E-state index contributed by atoms with van der Waals surface area (Å²) in [4.78, 5) is 0. The van der Waals surface area contributed by atoms with Gasteiger partial charge in [-0.3, -0.25) is 0 Å². The van der Waals surface area contributed by atoms with E-state index in [0.717, 1.165) is 5.56 Å². The average Bonchev–Trinajstić information content (AvgIpc) is 2.56. The Hall–Kier alpha value is 0.534. The number of hydrogen-bond donors (Lipinski definition) is 2.